The van der Waals surface area contributed by atoms with E-state index < -0.39 is 0 Å². The van der Waals surface area contributed by atoms with Gasteiger partial charge in [-0.2, -0.15) is 11.8 Å². The van der Waals surface area contributed by atoms with Crippen molar-refractivity contribution in [2.45, 2.75) is 38.2 Å². The number of rotatable bonds is 4. The highest BCUT2D eigenvalue weighted by Gasteiger charge is 2.10. The van der Waals surface area contributed by atoms with Crippen molar-refractivity contribution in [1.82, 2.24) is 0 Å². The molecule has 0 radical (unpaired) electrons. The molecule has 0 aromatic heterocycles. The van der Waals surface area contributed by atoms with Gasteiger partial charge in [0.15, 0.2) is 0 Å². The largest absolute Gasteiger partial charge is 0.329 e. The molecule has 10 heavy (non-hydrogen) atoms. The first-order chi connectivity index (χ1) is 4.57. The standard InChI is InChI=1S/C8H19NS/c1-6(2)8(4)10-7(3)5-9/h6-8H,5,9H2,1-4H3. The van der Waals surface area contributed by atoms with Gasteiger partial charge in [0.1, 0.15) is 0 Å². The Morgan fingerprint density at radius 2 is 1.70 bits per heavy atom. The van der Waals surface area contributed by atoms with Crippen LogP contribution in [0.5, 0.6) is 0 Å². The van der Waals surface area contributed by atoms with Crippen LogP contribution >= 0.6 is 11.8 Å². The molecule has 0 aliphatic carbocycles. The van der Waals surface area contributed by atoms with E-state index >= 15 is 0 Å². The molecule has 0 fully saturated rings. The second-order valence-electron chi connectivity index (χ2n) is 3.13. The summed E-state index contributed by atoms with van der Waals surface area (Å²) in [6.07, 6.45) is 0. The molecule has 0 aliphatic heterocycles. The SMILES string of the molecule is CC(CN)SC(C)C(C)C. The van der Waals surface area contributed by atoms with Crippen molar-refractivity contribution in [3.8, 4) is 0 Å². The molecule has 2 N–H and O–H groups in total. The van der Waals surface area contributed by atoms with Crippen LogP contribution in [-0.4, -0.2) is 17.0 Å². The Morgan fingerprint density at radius 3 is 2.00 bits per heavy atom. The van der Waals surface area contributed by atoms with Gasteiger partial charge in [-0.1, -0.05) is 27.7 Å². The topological polar surface area (TPSA) is 26.0 Å². The van der Waals surface area contributed by atoms with E-state index in [4.69, 9.17) is 5.73 Å². The summed E-state index contributed by atoms with van der Waals surface area (Å²) in [5.41, 5.74) is 5.50. The number of hydrogen-bond donors (Lipinski definition) is 1. The summed E-state index contributed by atoms with van der Waals surface area (Å²) >= 11 is 1.98. The number of nitrogens with two attached hydrogens (primary N) is 1. The zero-order valence-electron chi connectivity index (χ0n) is 7.42. The predicted molar refractivity (Wildman–Crippen MR) is 50.4 cm³/mol. The molecule has 0 aromatic rings. The maximum Gasteiger partial charge on any atom is 0.0144 e. The predicted octanol–water partition coefficient (Wildman–Crippen LogP) is 2.11. The summed E-state index contributed by atoms with van der Waals surface area (Å²) < 4.78 is 0. The zero-order chi connectivity index (χ0) is 8.15. The quantitative estimate of drug-likeness (QED) is 0.683. The third-order valence-electron chi connectivity index (χ3n) is 1.72. The van der Waals surface area contributed by atoms with E-state index in [0.29, 0.717) is 5.25 Å². The lowest BCUT2D eigenvalue weighted by atomic mass is 10.2. The first-order valence-corrected chi connectivity index (χ1v) is 4.87. The summed E-state index contributed by atoms with van der Waals surface area (Å²) in [6, 6.07) is 0. The van der Waals surface area contributed by atoms with Crippen molar-refractivity contribution in [3.63, 3.8) is 0 Å². The van der Waals surface area contributed by atoms with E-state index in [2.05, 4.69) is 27.7 Å². The van der Waals surface area contributed by atoms with Gasteiger partial charge in [0.25, 0.3) is 0 Å². The zero-order valence-corrected chi connectivity index (χ0v) is 8.24. The molecular weight excluding hydrogens is 142 g/mol. The van der Waals surface area contributed by atoms with Gasteiger partial charge < -0.3 is 5.73 Å². The van der Waals surface area contributed by atoms with Gasteiger partial charge in [0, 0.05) is 17.0 Å². The molecule has 2 atom stereocenters. The normalized spacial score (nSPS) is 17.4. The minimum absolute atomic E-state index is 0.609. The third kappa shape index (κ3) is 4.18. The summed E-state index contributed by atoms with van der Waals surface area (Å²) in [6.45, 7) is 9.74. The number of thioether (sulfide) groups is 1. The Morgan fingerprint density at radius 1 is 1.20 bits per heavy atom. The average molecular weight is 161 g/mol. The Kier molecular flexibility index (Phi) is 5.18. The van der Waals surface area contributed by atoms with E-state index in [-0.39, 0.29) is 0 Å². The molecule has 0 bridgehead atoms. The van der Waals surface area contributed by atoms with E-state index in [9.17, 15) is 0 Å². The van der Waals surface area contributed by atoms with E-state index in [1.165, 1.54) is 0 Å². The minimum Gasteiger partial charge on any atom is -0.329 e. The summed E-state index contributed by atoms with van der Waals surface area (Å²) in [4.78, 5) is 0. The van der Waals surface area contributed by atoms with Crippen LogP contribution in [0.15, 0.2) is 0 Å². The highest BCUT2D eigenvalue weighted by atomic mass is 32.2. The van der Waals surface area contributed by atoms with Crippen LogP contribution in [0.4, 0.5) is 0 Å². The van der Waals surface area contributed by atoms with Crippen molar-refractivity contribution < 1.29 is 0 Å². The molecule has 1 nitrogen and oxygen atoms in total. The summed E-state index contributed by atoms with van der Waals surface area (Å²) in [7, 11) is 0. The smallest absolute Gasteiger partial charge is 0.0144 e. The Balaban J connectivity index is 3.46. The molecule has 0 spiro atoms. The van der Waals surface area contributed by atoms with Crippen LogP contribution in [0.2, 0.25) is 0 Å². The van der Waals surface area contributed by atoms with Crippen LogP contribution in [0.3, 0.4) is 0 Å². The van der Waals surface area contributed by atoms with Crippen molar-refractivity contribution in [2.75, 3.05) is 6.54 Å². The summed E-state index contributed by atoms with van der Waals surface area (Å²) in [5, 5.41) is 1.34. The summed E-state index contributed by atoms with van der Waals surface area (Å²) in [5.74, 6) is 0.763. The Hall–Kier alpha value is 0.310. The monoisotopic (exact) mass is 161 g/mol. The second-order valence-corrected chi connectivity index (χ2v) is 4.95. The van der Waals surface area contributed by atoms with Gasteiger partial charge in [0.05, 0.1) is 0 Å². The van der Waals surface area contributed by atoms with Crippen LogP contribution in [0, 0.1) is 5.92 Å². The highest BCUT2D eigenvalue weighted by molar-refractivity contribution is 8.00. The van der Waals surface area contributed by atoms with Crippen molar-refractivity contribution in [1.29, 1.82) is 0 Å². The molecule has 0 saturated heterocycles. The molecule has 0 amide bonds. The van der Waals surface area contributed by atoms with Gasteiger partial charge in [-0.05, 0) is 5.92 Å². The maximum atomic E-state index is 5.50. The van der Waals surface area contributed by atoms with E-state index in [0.717, 1.165) is 17.7 Å². The van der Waals surface area contributed by atoms with Gasteiger partial charge >= 0.3 is 0 Å². The van der Waals surface area contributed by atoms with Crippen LogP contribution < -0.4 is 5.73 Å². The van der Waals surface area contributed by atoms with Gasteiger partial charge in [0.2, 0.25) is 0 Å². The Labute approximate surface area is 68.8 Å². The fourth-order valence-electron chi connectivity index (χ4n) is 0.579. The lowest BCUT2D eigenvalue weighted by Gasteiger charge is -2.18. The second kappa shape index (κ2) is 5.03. The first kappa shape index (κ1) is 10.3. The third-order valence-corrected chi connectivity index (χ3v) is 3.35. The van der Waals surface area contributed by atoms with Gasteiger partial charge in [-0.15, -0.1) is 0 Å². The fraction of sp³-hybridized carbons (Fsp3) is 1.00. The maximum absolute atomic E-state index is 5.50. The molecule has 62 valence electrons. The molecule has 0 heterocycles. The van der Waals surface area contributed by atoms with Crippen LogP contribution in [-0.2, 0) is 0 Å². The highest BCUT2D eigenvalue weighted by Crippen LogP contribution is 2.22. The van der Waals surface area contributed by atoms with E-state index in [1.54, 1.807) is 0 Å². The lowest BCUT2D eigenvalue weighted by Crippen LogP contribution is -2.18. The van der Waals surface area contributed by atoms with Crippen molar-refractivity contribution >= 4 is 11.8 Å². The van der Waals surface area contributed by atoms with Crippen LogP contribution in [0.1, 0.15) is 27.7 Å². The molecule has 0 aliphatic rings. The molecule has 2 heteroatoms. The van der Waals surface area contributed by atoms with Gasteiger partial charge in [-0.25, -0.2) is 0 Å². The lowest BCUT2D eigenvalue weighted by molar-refractivity contribution is 0.639. The molecular formula is C8H19NS. The van der Waals surface area contributed by atoms with Crippen molar-refractivity contribution in [3.05, 3.63) is 0 Å². The van der Waals surface area contributed by atoms with Crippen LogP contribution in [0.25, 0.3) is 0 Å². The molecule has 0 aromatic carbocycles. The Bertz CT molecular complexity index is 83.3. The molecule has 2 unspecified atom stereocenters. The molecule has 0 saturated carbocycles. The fourth-order valence-corrected chi connectivity index (χ4v) is 1.74. The number of hydrogen-bond acceptors (Lipinski definition) is 2. The van der Waals surface area contributed by atoms with Crippen molar-refractivity contribution in [2.24, 2.45) is 11.7 Å². The minimum atomic E-state index is 0.609. The first-order valence-electron chi connectivity index (χ1n) is 3.93. The van der Waals surface area contributed by atoms with Gasteiger partial charge in [-0.3, -0.25) is 0 Å². The average Bonchev–Trinajstić information content (AvgIpc) is 1.87. The van der Waals surface area contributed by atoms with E-state index in [1.807, 2.05) is 11.8 Å². The molecule has 0 rings (SSSR count).